The highest BCUT2D eigenvalue weighted by Crippen LogP contribution is 2.36. The number of amides is 1. The molecule has 2 fully saturated rings. The average Bonchev–Trinajstić information content (AvgIpc) is 3.14. The van der Waals surface area contributed by atoms with E-state index in [1.54, 1.807) is 18.2 Å². The van der Waals surface area contributed by atoms with Gasteiger partial charge >= 0.3 is 5.97 Å². The number of hydrogen-bond acceptors (Lipinski definition) is 6. The molecular weight excluding hydrogens is 386 g/mol. The summed E-state index contributed by atoms with van der Waals surface area (Å²) < 4.78 is 15.6. The van der Waals surface area contributed by atoms with E-state index in [1.165, 1.54) is 20.6 Å². The van der Waals surface area contributed by atoms with Crippen LogP contribution in [0.1, 0.15) is 49.9 Å². The van der Waals surface area contributed by atoms with Gasteiger partial charge in [0, 0.05) is 24.6 Å². The van der Waals surface area contributed by atoms with Crippen LogP contribution in [0.3, 0.4) is 0 Å². The molecule has 0 spiro atoms. The fraction of sp³-hybridized carbons (Fsp3) is 0.609. The zero-order valence-corrected chi connectivity index (χ0v) is 18.2. The molecule has 1 amide bonds. The van der Waals surface area contributed by atoms with Crippen molar-refractivity contribution >= 4 is 17.7 Å². The molecule has 0 unspecified atom stereocenters. The molecule has 1 aliphatic heterocycles. The Hall–Kier alpha value is -2.57. The van der Waals surface area contributed by atoms with Crippen molar-refractivity contribution in [3.8, 4) is 11.5 Å². The van der Waals surface area contributed by atoms with Crippen LogP contribution in [-0.2, 0) is 14.3 Å². The fourth-order valence-corrected chi connectivity index (χ4v) is 4.55. The largest absolute Gasteiger partial charge is 0.493 e. The highest BCUT2D eigenvalue weighted by Gasteiger charge is 2.42. The first-order valence-corrected chi connectivity index (χ1v) is 10.6. The Labute approximate surface area is 177 Å². The quantitative estimate of drug-likeness (QED) is 0.501. The van der Waals surface area contributed by atoms with Gasteiger partial charge in [0.25, 0.3) is 0 Å². The monoisotopic (exact) mass is 417 g/mol. The maximum atomic E-state index is 12.6. The average molecular weight is 418 g/mol. The summed E-state index contributed by atoms with van der Waals surface area (Å²) in [6.07, 6.45) is 3.43. The minimum atomic E-state index is -0.514. The second kappa shape index (κ2) is 9.49. The van der Waals surface area contributed by atoms with E-state index in [0.29, 0.717) is 35.4 Å². The summed E-state index contributed by atoms with van der Waals surface area (Å²) >= 11 is 0. The lowest BCUT2D eigenvalue weighted by molar-refractivity contribution is -0.147. The van der Waals surface area contributed by atoms with Crippen LogP contribution in [0.4, 0.5) is 0 Å². The van der Waals surface area contributed by atoms with E-state index in [1.807, 2.05) is 4.90 Å². The zero-order valence-electron chi connectivity index (χ0n) is 18.2. The predicted molar refractivity (Wildman–Crippen MR) is 111 cm³/mol. The smallest absolute Gasteiger partial charge is 0.311 e. The summed E-state index contributed by atoms with van der Waals surface area (Å²) in [5.74, 6) is 0.612. The molecule has 1 aromatic rings. The summed E-state index contributed by atoms with van der Waals surface area (Å²) in [4.78, 5) is 39.4. The van der Waals surface area contributed by atoms with Crippen molar-refractivity contribution in [1.29, 1.82) is 0 Å². The Bertz CT molecular complexity index is 807. The first-order chi connectivity index (χ1) is 14.3. The standard InChI is InChI=1S/C23H31NO6/c1-14-6-5-7-18(15(14)2)24-12-17(11-22(24)26)23(27)30-13-19(25)16-8-9-20(28-3)21(10-16)29-4/h8-10,14-15,17-18H,5-7,11-13H2,1-4H3/t14-,15-,17-,18+/m1/s1. The molecular formula is C23H31NO6. The minimum Gasteiger partial charge on any atom is -0.493 e. The fourth-order valence-electron chi connectivity index (χ4n) is 4.55. The van der Waals surface area contributed by atoms with Crippen molar-refractivity contribution in [3.63, 3.8) is 0 Å². The van der Waals surface area contributed by atoms with Gasteiger partial charge in [-0.3, -0.25) is 14.4 Å². The number of ether oxygens (including phenoxy) is 3. The third-order valence-corrected chi connectivity index (χ3v) is 6.61. The molecule has 7 heteroatoms. The summed E-state index contributed by atoms with van der Waals surface area (Å²) in [6.45, 7) is 4.43. The summed E-state index contributed by atoms with van der Waals surface area (Å²) in [5, 5.41) is 0. The molecule has 3 rings (SSSR count). The van der Waals surface area contributed by atoms with Crippen LogP contribution in [0.5, 0.6) is 11.5 Å². The summed E-state index contributed by atoms with van der Waals surface area (Å²) in [5.41, 5.74) is 0.370. The van der Waals surface area contributed by atoms with E-state index in [0.717, 1.165) is 12.8 Å². The molecule has 4 atom stereocenters. The Morgan fingerprint density at radius 1 is 1.10 bits per heavy atom. The zero-order chi connectivity index (χ0) is 21.8. The third-order valence-electron chi connectivity index (χ3n) is 6.61. The van der Waals surface area contributed by atoms with Gasteiger partial charge in [-0.15, -0.1) is 0 Å². The van der Waals surface area contributed by atoms with Crippen LogP contribution in [0.15, 0.2) is 18.2 Å². The highest BCUT2D eigenvalue weighted by molar-refractivity contribution is 5.99. The number of Topliss-reactive ketones (excluding diaryl/α,β-unsaturated/α-hetero) is 1. The Morgan fingerprint density at radius 3 is 2.53 bits per heavy atom. The lowest BCUT2D eigenvalue weighted by Crippen LogP contribution is -2.45. The van der Waals surface area contributed by atoms with E-state index in [4.69, 9.17) is 14.2 Å². The number of esters is 1. The van der Waals surface area contributed by atoms with Gasteiger partial charge in [-0.1, -0.05) is 26.7 Å². The van der Waals surface area contributed by atoms with Crippen molar-refractivity contribution in [3.05, 3.63) is 23.8 Å². The van der Waals surface area contributed by atoms with Crippen LogP contribution < -0.4 is 9.47 Å². The lowest BCUT2D eigenvalue weighted by Gasteiger charge is -2.39. The van der Waals surface area contributed by atoms with E-state index >= 15 is 0 Å². The molecule has 0 radical (unpaired) electrons. The third kappa shape index (κ3) is 4.60. The van der Waals surface area contributed by atoms with Crippen LogP contribution in [0.2, 0.25) is 0 Å². The molecule has 1 aromatic carbocycles. The Kier molecular flexibility index (Phi) is 7.00. The molecule has 164 valence electrons. The van der Waals surface area contributed by atoms with Crippen molar-refractivity contribution in [2.45, 2.75) is 45.6 Å². The highest BCUT2D eigenvalue weighted by atomic mass is 16.5. The molecule has 7 nitrogen and oxygen atoms in total. The molecule has 0 aromatic heterocycles. The van der Waals surface area contributed by atoms with Crippen molar-refractivity contribution < 1.29 is 28.6 Å². The topological polar surface area (TPSA) is 82.1 Å². The molecule has 1 saturated carbocycles. The van der Waals surface area contributed by atoms with Gasteiger partial charge in [-0.2, -0.15) is 0 Å². The SMILES string of the molecule is COc1ccc(C(=O)COC(=O)[C@@H]2CC(=O)N([C@H]3CCC[C@@H](C)[C@H]3C)C2)cc1OC. The molecule has 30 heavy (non-hydrogen) atoms. The number of benzene rings is 1. The van der Waals surface area contributed by atoms with Gasteiger partial charge in [0.15, 0.2) is 23.9 Å². The van der Waals surface area contributed by atoms with Crippen molar-refractivity contribution in [2.75, 3.05) is 27.4 Å². The normalized spacial score (nSPS) is 26.4. The van der Waals surface area contributed by atoms with Crippen LogP contribution >= 0.6 is 0 Å². The Morgan fingerprint density at radius 2 is 1.83 bits per heavy atom. The van der Waals surface area contributed by atoms with Gasteiger partial charge < -0.3 is 19.1 Å². The van der Waals surface area contributed by atoms with Gasteiger partial charge in [0.1, 0.15) is 0 Å². The maximum absolute atomic E-state index is 12.6. The Balaban J connectivity index is 1.56. The van der Waals surface area contributed by atoms with Crippen molar-refractivity contribution in [2.24, 2.45) is 17.8 Å². The van der Waals surface area contributed by atoms with Gasteiger partial charge in [-0.25, -0.2) is 0 Å². The molecule has 1 saturated heterocycles. The first-order valence-electron chi connectivity index (χ1n) is 10.6. The van der Waals surface area contributed by atoms with E-state index < -0.39 is 11.9 Å². The van der Waals surface area contributed by atoms with Crippen LogP contribution in [0, 0.1) is 17.8 Å². The van der Waals surface area contributed by atoms with E-state index in [9.17, 15) is 14.4 Å². The summed E-state index contributed by atoms with van der Waals surface area (Å²) in [6, 6.07) is 4.98. The van der Waals surface area contributed by atoms with E-state index in [-0.39, 0.29) is 30.8 Å². The number of nitrogens with zero attached hydrogens (tertiary/aromatic N) is 1. The number of carbonyl (C=O) groups excluding carboxylic acids is 3. The van der Waals surface area contributed by atoms with Gasteiger partial charge in [0.2, 0.25) is 5.91 Å². The van der Waals surface area contributed by atoms with E-state index in [2.05, 4.69) is 13.8 Å². The van der Waals surface area contributed by atoms with Crippen LogP contribution in [-0.4, -0.2) is 56.0 Å². The number of rotatable bonds is 7. The molecule has 1 aliphatic carbocycles. The number of hydrogen-bond donors (Lipinski definition) is 0. The number of likely N-dealkylation sites (tertiary alicyclic amines) is 1. The van der Waals surface area contributed by atoms with Crippen molar-refractivity contribution in [1.82, 2.24) is 4.90 Å². The molecule has 1 heterocycles. The predicted octanol–water partition coefficient (Wildman–Crippen LogP) is 3.10. The van der Waals surface area contributed by atoms with Crippen LogP contribution in [0.25, 0.3) is 0 Å². The second-order valence-corrected chi connectivity index (χ2v) is 8.38. The number of ketones is 1. The van der Waals surface area contributed by atoms with Gasteiger partial charge in [-0.05, 0) is 36.5 Å². The maximum Gasteiger partial charge on any atom is 0.311 e. The minimum absolute atomic E-state index is 0.00844. The van der Waals surface area contributed by atoms with Gasteiger partial charge in [0.05, 0.1) is 20.1 Å². The molecule has 2 aliphatic rings. The first kappa shape index (κ1) is 22.1. The number of carbonyl (C=O) groups is 3. The molecule has 0 N–H and O–H groups in total. The lowest BCUT2D eigenvalue weighted by atomic mass is 9.77. The molecule has 0 bridgehead atoms. The number of methoxy groups -OCH3 is 2. The summed E-state index contributed by atoms with van der Waals surface area (Å²) in [7, 11) is 3.00. The second-order valence-electron chi connectivity index (χ2n) is 8.38.